The lowest BCUT2D eigenvalue weighted by molar-refractivity contribution is 0.567. The topological polar surface area (TPSA) is 87.8 Å². The standard InChI is InChI=1S/C18H16N4O2S/c1-14(16-4-6-17(7-5-16)22-11-10-20-13-22)21-25(23,24)18-8-2-15(12-19)3-9-18/h2-11,13-14,21H,1H3/t14-/m0/s1. The largest absolute Gasteiger partial charge is 0.306 e. The highest BCUT2D eigenvalue weighted by atomic mass is 32.2. The minimum atomic E-state index is -3.66. The van der Waals surface area contributed by atoms with E-state index in [-0.39, 0.29) is 4.90 Å². The molecular weight excluding hydrogens is 336 g/mol. The number of rotatable bonds is 5. The van der Waals surface area contributed by atoms with Crippen LogP contribution in [0.5, 0.6) is 0 Å². The second-order valence-electron chi connectivity index (χ2n) is 5.54. The maximum absolute atomic E-state index is 12.5. The molecule has 25 heavy (non-hydrogen) atoms. The summed E-state index contributed by atoms with van der Waals surface area (Å²) >= 11 is 0. The fraction of sp³-hybridized carbons (Fsp3) is 0.111. The third-order valence-electron chi connectivity index (χ3n) is 3.82. The molecule has 0 saturated carbocycles. The van der Waals surface area contributed by atoms with E-state index in [1.54, 1.807) is 19.4 Å². The average Bonchev–Trinajstić information content (AvgIpc) is 3.16. The third kappa shape index (κ3) is 3.76. The number of imidazole rings is 1. The number of hydrogen-bond donors (Lipinski definition) is 1. The second-order valence-corrected chi connectivity index (χ2v) is 7.25. The van der Waals surface area contributed by atoms with Gasteiger partial charge in [-0.1, -0.05) is 12.1 Å². The quantitative estimate of drug-likeness (QED) is 0.765. The van der Waals surface area contributed by atoms with E-state index in [0.29, 0.717) is 5.56 Å². The molecule has 0 bridgehead atoms. The van der Waals surface area contributed by atoms with Crippen LogP contribution in [0.25, 0.3) is 5.69 Å². The molecule has 3 aromatic rings. The summed E-state index contributed by atoms with van der Waals surface area (Å²) in [6, 6.07) is 15.0. The molecule has 0 aliphatic carbocycles. The Morgan fingerprint density at radius 3 is 2.36 bits per heavy atom. The van der Waals surface area contributed by atoms with Crippen molar-refractivity contribution < 1.29 is 8.42 Å². The minimum Gasteiger partial charge on any atom is -0.306 e. The van der Waals surface area contributed by atoms with Crippen LogP contribution in [0.3, 0.4) is 0 Å². The molecule has 0 aliphatic rings. The van der Waals surface area contributed by atoms with Crippen molar-refractivity contribution in [2.75, 3.05) is 0 Å². The van der Waals surface area contributed by atoms with Crippen LogP contribution in [0.15, 0.2) is 72.1 Å². The van der Waals surface area contributed by atoms with Gasteiger partial charge in [0.15, 0.2) is 0 Å². The molecular formula is C18H16N4O2S. The molecule has 2 aromatic carbocycles. The maximum atomic E-state index is 12.5. The number of hydrogen-bond acceptors (Lipinski definition) is 4. The van der Waals surface area contributed by atoms with Gasteiger partial charge in [-0.15, -0.1) is 0 Å². The van der Waals surface area contributed by atoms with Gasteiger partial charge in [0, 0.05) is 24.1 Å². The van der Waals surface area contributed by atoms with E-state index in [1.165, 1.54) is 24.3 Å². The Balaban J connectivity index is 1.76. The summed E-state index contributed by atoms with van der Waals surface area (Å²) in [6.45, 7) is 1.79. The van der Waals surface area contributed by atoms with Crippen LogP contribution in [0.2, 0.25) is 0 Å². The van der Waals surface area contributed by atoms with Gasteiger partial charge in [-0.05, 0) is 48.9 Å². The van der Waals surface area contributed by atoms with Gasteiger partial charge in [0.05, 0.1) is 22.9 Å². The predicted octanol–water partition coefficient (Wildman–Crippen LogP) is 2.78. The van der Waals surface area contributed by atoms with Crippen LogP contribution < -0.4 is 4.72 Å². The van der Waals surface area contributed by atoms with Gasteiger partial charge in [-0.25, -0.2) is 18.1 Å². The molecule has 0 fully saturated rings. The van der Waals surface area contributed by atoms with Crippen molar-refractivity contribution in [3.8, 4) is 11.8 Å². The van der Waals surface area contributed by atoms with Gasteiger partial charge < -0.3 is 4.57 Å². The Bertz CT molecular complexity index is 987. The van der Waals surface area contributed by atoms with E-state index in [4.69, 9.17) is 5.26 Å². The van der Waals surface area contributed by atoms with Crippen LogP contribution in [0.4, 0.5) is 0 Å². The second kappa shape index (κ2) is 6.89. The van der Waals surface area contributed by atoms with Crippen molar-refractivity contribution in [1.29, 1.82) is 5.26 Å². The highest BCUT2D eigenvalue weighted by Gasteiger charge is 2.18. The van der Waals surface area contributed by atoms with Crippen molar-refractivity contribution >= 4 is 10.0 Å². The summed E-state index contributed by atoms with van der Waals surface area (Å²) in [6.07, 6.45) is 5.24. The molecule has 0 radical (unpaired) electrons. The van der Waals surface area contributed by atoms with Crippen molar-refractivity contribution in [3.63, 3.8) is 0 Å². The van der Waals surface area contributed by atoms with Crippen LogP contribution in [-0.4, -0.2) is 18.0 Å². The third-order valence-corrected chi connectivity index (χ3v) is 5.38. The molecule has 0 aliphatic heterocycles. The summed E-state index contributed by atoms with van der Waals surface area (Å²) in [5.41, 5.74) is 2.21. The van der Waals surface area contributed by atoms with E-state index in [2.05, 4.69) is 9.71 Å². The fourth-order valence-electron chi connectivity index (χ4n) is 2.42. The minimum absolute atomic E-state index is 0.133. The van der Waals surface area contributed by atoms with E-state index < -0.39 is 16.1 Å². The molecule has 0 saturated heterocycles. The van der Waals surface area contributed by atoms with Crippen molar-refractivity contribution in [3.05, 3.63) is 78.4 Å². The summed E-state index contributed by atoms with van der Waals surface area (Å²) < 4.78 is 29.4. The number of benzene rings is 2. The van der Waals surface area contributed by atoms with E-state index in [1.807, 2.05) is 41.1 Å². The Morgan fingerprint density at radius 2 is 1.80 bits per heavy atom. The first-order chi connectivity index (χ1) is 12.0. The number of aromatic nitrogens is 2. The average molecular weight is 352 g/mol. The number of nitriles is 1. The smallest absolute Gasteiger partial charge is 0.241 e. The predicted molar refractivity (Wildman–Crippen MR) is 93.5 cm³/mol. The highest BCUT2D eigenvalue weighted by Crippen LogP contribution is 2.19. The van der Waals surface area contributed by atoms with E-state index in [0.717, 1.165) is 11.3 Å². The zero-order valence-corrected chi connectivity index (χ0v) is 14.3. The molecule has 0 unspecified atom stereocenters. The molecule has 0 amide bonds. The Labute approximate surface area is 146 Å². The van der Waals surface area contributed by atoms with Gasteiger partial charge in [0.2, 0.25) is 10.0 Å². The van der Waals surface area contributed by atoms with Gasteiger partial charge in [0.1, 0.15) is 0 Å². The Kier molecular flexibility index (Phi) is 4.65. The molecule has 3 rings (SSSR count). The Morgan fingerprint density at radius 1 is 1.12 bits per heavy atom. The van der Waals surface area contributed by atoms with Crippen molar-refractivity contribution in [1.82, 2.24) is 14.3 Å². The summed E-state index contributed by atoms with van der Waals surface area (Å²) in [5, 5.41) is 8.80. The highest BCUT2D eigenvalue weighted by molar-refractivity contribution is 7.89. The molecule has 7 heteroatoms. The van der Waals surface area contributed by atoms with Crippen LogP contribution >= 0.6 is 0 Å². The number of sulfonamides is 1. The number of nitrogens with zero attached hydrogens (tertiary/aromatic N) is 3. The molecule has 126 valence electrons. The van der Waals surface area contributed by atoms with Crippen molar-refractivity contribution in [2.45, 2.75) is 17.9 Å². The zero-order chi connectivity index (χ0) is 17.9. The van der Waals surface area contributed by atoms with Crippen molar-refractivity contribution in [2.24, 2.45) is 0 Å². The van der Waals surface area contributed by atoms with Crippen LogP contribution in [0.1, 0.15) is 24.1 Å². The molecule has 0 spiro atoms. The van der Waals surface area contributed by atoms with Crippen LogP contribution in [-0.2, 0) is 10.0 Å². The lowest BCUT2D eigenvalue weighted by atomic mass is 10.1. The van der Waals surface area contributed by atoms with E-state index >= 15 is 0 Å². The SMILES string of the molecule is C[C@H](NS(=O)(=O)c1ccc(C#N)cc1)c1ccc(-n2ccnc2)cc1. The number of nitrogens with one attached hydrogen (secondary N) is 1. The summed E-state index contributed by atoms with van der Waals surface area (Å²) in [4.78, 5) is 4.13. The zero-order valence-electron chi connectivity index (χ0n) is 13.5. The lowest BCUT2D eigenvalue weighted by Crippen LogP contribution is -2.26. The lowest BCUT2D eigenvalue weighted by Gasteiger charge is -2.15. The molecule has 1 N–H and O–H groups in total. The fourth-order valence-corrected chi connectivity index (χ4v) is 3.66. The normalized spacial score (nSPS) is 12.5. The first kappa shape index (κ1) is 16.9. The summed E-state index contributed by atoms with van der Waals surface area (Å²) in [7, 11) is -3.66. The maximum Gasteiger partial charge on any atom is 0.241 e. The summed E-state index contributed by atoms with van der Waals surface area (Å²) in [5.74, 6) is 0. The monoisotopic (exact) mass is 352 g/mol. The molecule has 1 aromatic heterocycles. The van der Waals surface area contributed by atoms with Crippen LogP contribution in [0, 0.1) is 11.3 Å². The molecule has 1 heterocycles. The molecule has 6 nitrogen and oxygen atoms in total. The first-order valence-corrected chi connectivity index (χ1v) is 9.09. The van der Waals surface area contributed by atoms with Gasteiger partial charge in [-0.3, -0.25) is 0 Å². The van der Waals surface area contributed by atoms with E-state index in [9.17, 15) is 8.42 Å². The Hall–Kier alpha value is -2.95. The first-order valence-electron chi connectivity index (χ1n) is 7.60. The van der Waals surface area contributed by atoms with Gasteiger partial charge in [-0.2, -0.15) is 5.26 Å². The van der Waals surface area contributed by atoms with Gasteiger partial charge >= 0.3 is 0 Å². The van der Waals surface area contributed by atoms with Gasteiger partial charge in [0.25, 0.3) is 0 Å². The molecule has 1 atom stereocenters.